The maximum atomic E-state index is 13.0. The molecule has 8 fully saturated rings. The fourth-order valence-electron chi connectivity index (χ4n) is 13.4. The zero-order valence-electron chi connectivity index (χ0n) is 42.2. The summed E-state index contributed by atoms with van der Waals surface area (Å²) in [7, 11) is -5.16. The van der Waals surface area contributed by atoms with Crippen LogP contribution in [0.15, 0.2) is 48.6 Å². The van der Waals surface area contributed by atoms with E-state index in [-0.39, 0.29) is 67.3 Å². The third kappa shape index (κ3) is 11.3. The van der Waals surface area contributed by atoms with E-state index < -0.39 is 113 Å². The average Bonchev–Trinajstić information content (AvgIpc) is 3.59. The lowest BCUT2D eigenvalue weighted by molar-refractivity contribution is -0.372. The van der Waals surface area contributed by atoms with E-state index >= 15 is 0 Å². The molecule has 72 heavy (non-hydrogen) atoms. The van der Waals surface area contributed by atoms with Crippen LogP contribution in [-0.2, 0) is 62.0 Å². The van der Waals surface area contributed by atoms with Gasteiger partial charge in [-0.15, -0.1) is 0 Å². The number of hydrogen-bond donors (Lipinski definition) is 6. The van der Waals surface area contributed by atoms with Gasteiger partial charge < -0.3 is 68.2 Å². The van der Waals surface area contributed by atoms with E-state index in [1.807, 2.05) is 26.0 Å². The van der Waals surface area contributed by atoms with E-state index in [4.69, 9.17) is 46.8 Å². The van der Waals surface area contributed by atoms with Crippen LogP contribution in [0.2, 0.25) is 0 Å². The van der Waals surface area contributed by atoms with Crippen molar-refractivity contribution in [3.8, 4) is 0 Å². The van der Waals surface area contributed by atoms with Crippen LogP contribution in [0.3, 0.4) is 0 Å². The van der Waals surface area contributed by atoms with Gasteiger partial charge >= 0.3 is 10.4 Å². The Balaban J connectivity index is 0.857. The lowest BCUT2D eigenvalue weighted by Crippen LogP contribution is -2.69. The fraction of sp³-hybridized carbons (Fsp3) is 0.827. The summed E-state index contributed by atoms with van der Waals surface area (Å²) in [5, 5.41) is 53.8. The van der Waals surface area contributed by atoms with Gasteiger partial charge in [-0.1, -0.05) is 55.5 Å². The third-order valence-electron chi connectivity index (χ3n) is 17.2. The number of hydrogen-bond acceptors (Lipinski definition) is 18. The molecule has 0 unspecified atom stereocenters. The van der Waals surface area contributed by atoms with Crippen LogP contribution in [0, 0.1) is 5.92 Å². The van der Waals surface area contributed by atoms with Crippen molar-refractivity contribution >= 4 is 16.2 Å². The van der Waals surface area contributed by atoms with Crippen molar-refractivity contribution < 1.29 is 90.1 Å². The zero-order valence-corrected chi connectivity index (χ0v) is 43.0. The first-order valence-electron chi connectivity index (χ1n) is 26.1. The molecule has 19 nitrogen and oxygen atoms in total. The molecule has 9 aliphatic heterocycles. The number of ketones is 1. The van der Waals surface area contributed by atoms with E-state index in [1.54, 1.807) is 12.2 Å². The Bertz CT molecular complexity index is 2170. The standard InChI is InChI=1S/C52H78O19S/c1-8-27(2)10-9-11-30(54)18-42(56)49(5)22-28(3)23-50(6)44(70-49)21-37-38(68-50)20-39-45(66-37)29(4)12-13-35-32(62-39)16-17-43-51(7,67-35)25-41-34(64-43)15-14-33-36(63-41)19-40-46(65-33)47(71-72(59,60)61)48(57)52(58,69-40)24-31(55)26-53/h8,10,14-15,29,31-48,53,55-58H,1,3,9,11-13,16-26H2,2,4-7H3,(H,59,60,61)/b27-10+/t29-,31+,32-,33+,34-,35+,36-,37+,38-,39+,40+,41+,42-,43+,44-,45-,46+,47-,48-,49-,50+,51-,52+/m0/s1. The van der Waals surface area contributed by atoms with Crippen LogP contribution >= 0.6 is 0 Å². The molecule has 406 valence electrons. The molecule has 9 heterocycles. The van der Waals surface area contributed by atoms with Crippen molar-refractivity contribution in [3.63, 3.8) is 0 Å². The highest BCUT2D eigenvalue weighted by atomic mass is 32.3. The monoisotopic (exact) mass is 1040 g/mol. The first-order chi connectivity index (χ1) is 33.9. The summed E-state index contributed by atoms with van der Waals surface area (Å²) in [6.45, 7) is 17.5. The highest BCUT2D eigenvalue weighted by molar-refractivity contribution is 7.80. The number of rotatable bonds is 12. The topological polar surface area (TPSA) is 265 Å². The van der Waals surface area contributed by atoms with Gasteiger partial charge in [-0.3, -0.25) is 9.35 Å². The molecule has 0 aliphatic carbocycles. The minimum absolute atomic E-state index is 0.0173. The molecule has 0 aromatic rings. The molecule has 0 aromatic carbocycles. The van der Waals surface area contributed by atoms with Crippen LogP contribution in [0.1, 0.15) is 125 Å². The van der Waals surface area contributed by atoms with Gasteiger partial charge in [0.15, 0.2) is 5.79 Å². The molecular weight excluding hydrogens is 961 g/mol. The van der Waals surface area contributed by atoms with E-state index in [0.717, 1.165) is 24.0 Å². The molecule has 0 spiro atoms. The number of ether oxygens (including phenoxy) is 9. The van der Waals surface area contributed by atoms with Crippen molar-refractivity contribution in [1.82, 2.24) is 0 Å². The van der Waals surface area contributed by atoms with Gasteiger partial charge in [0.2, 0.25) is 0 Å². The number of allylic oxidation sites excluding steroid dienone is 3. The van der Waals surface area contributed by atoms with Crippen LogP contribution < -0.4 is 0 Å². The maximum absolute atomic E-state index is 13.0. The highest BCUT2D eigenvalue weighted by Crippen LogP contribution is 2.51. The van der Waals surface area contributed by atoms with Crippen molar-refractivity contribution in [2.75, 3.05) is 6.61 Å². The van der Waals surface area contributed by atoms with Crippen LogP contribution in [0.4, 0.5) is 0 Å². The van der Waals surface area contributed by atoms with Crippen LogP contribution in [-0.4, -0.2) is 183 Å². The van der Waals surface area contributed by atoms with Gasteiger partial charge in [0.25, 0.3) is 0 Å². The lowest BCUT2D eigenvalue weighted by Gasteiger charge is -2.54. The predicted molar refractivity (Wildman–Crippen MR) is 256 cm³/mol. The summed E-state index contributed by atoms with van der Waals surface area (Å²) in [6, 6.07) is 0. The Hall–Kier alpha value is -2.06. The largest absolute Gasteiger partial charge is 0.397 e. The Morgan fingerprint density at radius 2 is 1.51 bits per heavy atom. The minimum atomic E-state index is -5.16. The van der Waals surface area contributed by atoms with E-state index in [2.05, 4.69) is 33.9 Å². The quantitative estimate of drug-likeness (QED) is 0.0927. The van der Waals surface area contributed by atoms with Crippen molar-refractivity contribution in [2.45, 2.75) is 257 Å². The molecule has 0 saturated carbocycles. The van der Waals surface area contributed by atoms with Crippen molar-refractivity contribution in [3.05, 3.63) is 48.6 Å². The van der Waals surface area contributed by atoms with Crippen molar-refractivity contribution in [1.29, 1.82) is 0 Å². The molecule has 9 aliphatic rings. The summed E-state index contributed by atoms with van der Waals surface area (Å²) >= 11 is 0. The third-order valence-corrected chi connectivity index (χ3v) is 17.7. The Morgan fingerprint density at radius 3 is 2.24 bits per heavy atom. The average molecular weight is 1040 g/mol. The molecule has 0 bridgehead atoms. The predicted octanol–water partition coefficient (Wildman–Crippen LogP) is 3.56. The summed E-state index contributed by atoms with van der Waals surface area (Å²) in [5.41, 5.74) is -0.684. The number of fused-ring (bicyclic) bond motifs is 8. The first-order valence-corrected chi connectivity index (χ1v) is 27.4. The first kappa shape index (κ1) is 54.7. The van der Waals surface area contributed by atoms with Crippen molar-refractivity contribution in [2.24, 2.45) is 5.92 Å². The van der Waals surface area contributed by atoms with Crippen LogP contribution in [0.25, 0.3) is 0 Å². The van der Waals surface area contributed by atoms with Gasteiger partial charge in [0.1, 0.15) is 36.3 Å². The van der Waals surface area contributed by atoms with E-state index in [9.17, 15) is 43.3 Å². The number of aliphatic hydroxyl groups is 5. The molecule has 6 N–H and O–H groups in total. The van der Waals surface area contributed by atoms with E-state index in [0.29, 0.717) is 57.8 Å². The number of aliphatic hydroxyl groups excluding tert-OH is 4. The smallest absolute Gasteiger partial charge is 0.394 e. The lowest BCUT2D eigenvalue weighted by atomic mass is 9.79. The minimum Gasteiger partial charge on any atom is -0.394 e. The second kappa shape index (κ2) is 21.1. The molecule has 8 saturated heterocycles. The molecule has 20 heteroatoms. The van der Waals surface area contributed by atoms with E-state index in [1.165, 1.54) is 0 Å². The highest BCUT2D eigenvalue weighted by Gasteiger charge is 2.62. The number of carbonyl (C=O) groups excluding carboxylic acids is 1. The van der Waals surface area contributed by atoms with Gasteiger partial charge in [-0.05, 0) is 78.6 Å². The molecule has 0 amide bonds. The summed E-state index contributed by atoms with van der Waals surface area (Å²) in [6.07, 6.45) is -0.805. The normalized spacial score (nSPS) is 48.3. The van der Waals surface area contributed by atoms with Crippen LogP contribution in [0.5, 0.6) is 0 Å². The Morgan fingerprint density at radius 1 is 0.819 bits per heavy atom. The number of carbonyl (C=O) groups is 1. The second-order valence-corrected chi connectivity index (χ2v) is 24.1. The van der Waals surface area contributed by atoms with Gasteiger partial charge in [0, 0.05) is 44.9 Å². The van der Waals surface area contributed by atoms with Gasteiger partial charge in [-0.25, -0.2) is 4.18 Å². The zero-order chi connectivity index (χ0) is 51.7. The molecule has 0 aromatic heterocycles. The fourth-order valence-corrected chi connectivity index (χ4v) is 13.8. The summed E-state index contributed by atoms with van der Waals surface area (Å²) in [4.78, 5) is 13.0. The molecular formula is C52H78O19S. The maximum Gasteiger partial charge on any atom is 0.397 e. The summed E-state index contributed by atoms with van der Waals surface area (Å²) < 4.78 is 99.6. The second-order valence-electron chi connectivity index (χ2n) is 23.0. The Labute approximate surface area is 423 Å². The molecule has 9 rings (SSSR count). The number of Topliss-reactive ketones (excluding diaryl/α,β-unsaturated/α-hetero) is 1. The SMILES string of the molecule is C=C/C(C)=C/CCC(=O)C[C@H](O)[C@]1(C)CC(=C)C[C@@]2(C)O[C@H]3C[C@H]4O[C@H]5CC[C@H]6O[C@H]7C=C[C@H]8O[C@H]9[C@H](OS(=O)(=O)O)[C@H](O)[C@@](O)(C[C@@H](O)CO)O[C@@H]9C[C@@H]8O[C@@H]7C[C@]6(C)O[C@@H]5CC[C@H](C)[C@@H]4O[C@@H]3C[C@@H]2O1. The molecule has 0 radical (unpaired) electrons. The van der Waals surface area contributed by atoms with Gasteiger partial charge in [0.05, 0.1) is 103 Å². The Kier molecular flexibility index (Phi) is 16.0. The van der Waals surface area contributed by atoms with Gasteiger partial charge in [-0.2, -0.15) is 8.42 Å². The summed E-state index contributed by atoms with van der Waals surface area (Å²) in [5.74, 6) is -2.50. The molecule has 23 atom stereocenters.